The van der Waals surface area contributed by atoms with Crippen LogP contribution in [0.25, 0.3) is 0 Å². The molecule has 5 amide bonds. The van der Waals surface area contributed by atoms with Gasteiger partial charge in [-0.15, -0.1) is 6.58 Å². The van der Waals surface area contributed by atoms with Gasteiger partial charge >= 0.3 is 6.03 Å². The maximum Gasteiger partial charge on any atom is 0.315 e. The molecule has 2 aliphatic carbocycles. The highest BCUT2D eigenvalue weighted by molar-refractivity contribution is 7.89. The Morgan fingerprint density at radius 1 is 1.02 bits per heavy atom. The smallest absolute Gasteiger partial charge is 0.315 e. The van der Waals surface area contributed by atoms with Crippen molar-refractivity contribution in [3.8, 4) is 0 Å². The first-order valence-corrected chi connectivity index (χ1v) is 20.3. The van der Waals surface area contributed by atoms with Crippen molar-refractivity contribution in [2.75, 3.05) is 26.7 Å². The van der Waals surface area contributed by atoms with E-state index < -0.39 is 69.1 Å². The summed E-state index contributed by atoms with van der Waals surface area (Å²) in [4.78, 5) is 74.0. The molecule has 0 bridgehead atoms. The number of piperidine rings is 1. The molecule has 4 N–H and O–H groups in total. The van der Waals surface area contributed by atoms with Gasteiger partial charge in [0.05, 0.1) is 6.04 Å². The van der Waals surface area contributed by atoms with Crippen LogP contribution in [0.1, 0.15) is 59.1 Å². The number of hydrogen-bond donors (Lipinski definition) is 4. The zero-order valence-corrected chi connectivity index (χ0v) is 33.6. The third-order valence-electron chi connectivity index (χ3n) is 11.6. The van der Waals surface area contributed by atoms with Crippen LogP contribution in [0.5, 0.6) is 0 Å². The van der Waals surface area contributed by atoms with Gasteiger partial charge in [-0.2, -0.15) is 4.31 Å². The van der Waals surface area contributed by atoms with Crippen molar-refractivity contribution < 1.29 is 32.4 Å². The lowest BCUT2D eigenvalue weighted by Crippen LogP contribution is -2.61. The Kier molecular flexibility index (Phi) is 12.3. The zero-order chi connectivity index (χ0) is 40.5. The van der Waals surface area contributed by atoms with Gasteiger partial charge in [-0.25, -0.2) is 18.2 Å². The average Bonchev–Trinajstić information content (AvgIpc) is 3.50. The van der Waals surface area contributed by atoms with E-state index >= 15 is 0 Å². The minimum Gasteiger partial charge on any atom is -0.346 e. The number of Topliss-reactive ketones (excluding diaryl/α,β-unsaturated/α-hetero) is 1. The fourth-order valence-electron chi connectivity index (χ4n) is 8.11. The van der Waals surface area contributed by atoms with Crippen LogP contribution >= 0.6 is 0 Å². The molecule has 2 fully saturated rings. The van der Waals surface area contributed by atoms with Crippen LogP contribution in [0.2, 0.25) is 0 Å². The number of carbonyl (C=O) groups is 5. The topological polar surface area (TPSA) is 187 Å². The number of nitrogens with one attached hydrogen (secondary N) is 4. The molecule has 298 valence electrons. The summed E-state index contributed by atoms with van der Waals surface area (Å²) in [7, 11) is -2.54. The predicted molar refractivity (Wildman–Crippen MR) is 207 cm³/mol. The zero-order valence-electron chi connectivity index (χ0n) is 32.8. The van der Waals surface area contributed by atoms with Gasteiger partial charge in [0.25, 0.3) is 15.9 Å². The van der Waals surface area contributed by atoms with E-state index in [9.17, 15) is 32.4 Å². The number of aromatic nitrogens is 1. The number of urea groups is 1. The lowest BCUT2D eigenvalue weighted by molar-refractivity contribution is -0.144. The van der Waals surface area contributed by atoms with Crippen LogP contribution in [-0.2, 0) is 42.0 Å². The third kappa shape index (κ3) is 8.77. The van der Waals surface area contributed by atoms with Crippen LogP contribution in [0, 0.1) is 28.6 Å². The number of nitrogens with zero attached hydrogens (tertiary/aromatic N) is 3. The van der Waals surface area contributed by atoms with Gasteiger partial charge in [0.15, 0.2) is 5.03 Å². The molecular weight excluding hydrogens is 723 g/mol. The molecule has 5 rings (SSSR count). The minimum atomic E-state index is -3.97. The van der Waals surface area contributed by atoms with Crippen LogP contribution < -0.4 is 21.3 Å². The lowest BCUT2D eigenvalue weighted by atomic mass is 9.86. The molecule has 3 aliphatic rings. The summed E-state index contributed by atoms with van der Waals surface area (Å²) in [5.74, 6) is -3.05. The fourth-order valence-corrected chi connectivity index (χ4v) is 9.22. The number of carbonyl (C=O) groups excluding carboxylic acids is 5. The molecule has 2 aromatic rings. The van der Waals surface area contributed by atoms with Crippen molar-refractivity contribution in [1.29, 1.82) is 0 Å². The van der Waals surface area contributed by atoms with E-state index in [0.29, 0.717) is 19.4 Å². The number of hydrogen-bond acceptors (Lipinski definition) is 8. The number of ketones is 1. The molecular formula is C40H55N7O7S. The van der Waals surface area contributed by atoms with E-state index in [4.69, 9.17) is 0 Å². The largest absolute Gasteiger partial charge is 0.346 e. The second kappa shape index (κ2) is 16.2. The number of rotatable bonds is 15. The van der Waals surface area contributed by atoms with E-state index in [1.54, 1.807) is 19.1 Å². The highest BCUT2D eigenvalue weighted by Gasteiger charge is 2.69. The molecule has 15 heteroatoms. The average molecular weight is 778 g/mol. The molecule has 14 nitrogen and oxygen atoms in total. The first-order chi connectivity index (χ1) is 25.8. The van der Waals surface area contributed by atoms with Gasteiger partial charge in [-0.3, -0.25) is 19.2 Å². The van der Waals surface area contributed by atoms with Crippen LogP contribution in [0.3, 0.4) is 0 Å². The summed E-state index contributed by atoms with van der Waals surface area (Å²) >= 11 is 0. The van der Waals surface area contributed by atoms with E-state index in [1.807, 2.05) is 58.9 Å². The molecule has 2 heterocycles. The molecule has 1 saturated carbocycles. The molecule has 1 aromatic carbocycles. The molecule has 6 atom stereocenters. The Bertz CT molecular complexity index is 1890. The second-order valence-electron chi connectivity index (χ2n) is 16.6. The summed E-state index contributed by atoms with van der Waals surface area (Å²) in [5, 5.41) is 11.0. The Labute approximate surface area is 324 Å². The SMILES string of the molecule is C=CCNC(=O)C(=O)C(CC)NC(=O)[C@@H]1[C@@H]2[C@H](CN1C(=O)[C@@H](NC(=O)N[C@H](CN(C)S(=O)(=O)c1ccccn1)C(C)(C)C)C1Cc3ccccc3C1)C2(C)C. The summed E-state index contributed by atoms with van der Waals surface area (Å²) in [5.41, 5.74) is 1.30. The van der Waals surface area contributed by atoms with Crippen LogP contribution in [0.15, 0.2) is 66.3 Å². The van der Waals surface area contributed by atoms with Crippen LogP contribution in [0.4, 0.5) is 4.79 Å². The van der Waals surface area contributed by atoms with Gasteiger partial charge in [0.2, 0.25) is 17.6 Å². The summed E-state index contributed by atoms with van der Waals surface area (Å²) < 4.78 is 27.8. The summed E-state index contributed by atoms with van der Waals surface area (Å²) in [6, 6.07) is 8.11. The number of pyridine rings is 1. The monoisotopic (exact) mass is 777 g/mol. The molecule has 55 heavy (non-hydrogen) atoms. The quantitative estimate of drug-likeness (QED) is 0.157. The Morgan fingerprint density at radius 3 is 2.22 bits per heavy atom. The molecule has 1 aromatic heterocycles. The number of fused-ring (bicyclic) bond motifs is 2. The van der Waals surface area contributed by atoms with Crippen LogP contribution in [-0.4, -0.2) is 103 Å². The molecule has 0 radical (unpaired) electrons. The second-order valence-corrected chi connectivity index (χ2v) is 18.6. The highest BCUT2D eigenvalue weighted by atomic mass is 32.2. The van der Waals surface area contributed by atoms with Gasteiger partial charge < -0.3 is 26.2 Å². The van der Waals surface area contributed by atoms with Crippen molar-refractivity contribution in [2.45, 2.75) is 90.0 Å². The van der Waals surface area contributed by atoms with Crippen molar-refractivity contribution >= 4 is 39.6 Å². The first-order valence-electron chi connectivity index (χ1n) is 18.9. The van der Waals surface area contributed by atoms with Crippen molar-refractivity contribution in [2.24, 2.45) is 28.6 Å². The summed E-state index contributed by atoms with van der Waals surface area (Å²) in [6.07, 6.45) is 4.07. The van der Waals surface area contributed by atoms with Gasteiger partial charge in [0, 0.05) is 38.9 Å². The van der Waals surface area contributed by atoms with E-state index in [-0.39, 0.29) is 47.7 Å². The molecule has 1 unspecified atom stereocenters. The predicted octanol–water partition coefficient (Wildman–Crippen LogP) is 2.45. The number of amides is 5. The normalized spacial score (nSPS) is 21.7. The Balaban J connectivity index is 1.39. The minimum absolute atomic E-state index is 0.0241. The van der Waals surface area contributed by atoms with Gasteiger partial charge in [-0.05, 0) is 71.1 Å². The van der Waals surface area contributed by atoms with Crippen molar-refractivity contribution in [3.63, 3.8) is 0 Å². The Hall–Kier alpha value is -4.63. The van der Waals surface area contributed by atoms with Gasteiger partial charge in [-0.1, -0.05) is 78.0 Å². The number of sulfonamides is 1. The number of likely N-dealkylation sites (tertiary alicyclic amines) is 1. The fraction of sp³-hybridized carbons (Fsp3) is 0.550. The number of likely N-dealkylation sites (N-methyl/N-ethyl adjacent to an activating group) is 1. The highest BCUT2D eigenvalue weighted by Crippen LogP contribution is 2.65. The van der Waals surface area contributed by atoms with E-state index in [1.165, 1.54) is 30.3 Å². The Morgan fingerprint density at radius 2 is 1.65 bits per heavy atom. The van der Waals surface area contributed by atoms with Crippen molar-refractivity contribution in [3.05, 3.63) is 72.4 Å². The summed E-state index contributed by atoms with van der Waals surface area (Å²) in [6.45, 7) is 15.3. The lowest BCUT2D eigenvalue weighted by Gasteiger charge is -2.37. The molecule has 0 spiro atoms. The number of benzene rings is 1. The first kappa shape index (κ1) is 41.5. The molecule has 1 aliphatic heterocycles. The van der Waals surface area contributed by atoms with Gasteiger partial charge in [0.1, 0.15) is 12.1 Å². The standard InChI is InChI=1S/C40H55N7O7S/c1-9-18-42-36(50)34(48)28(10-2)43-35(49)33-31-27(40(31,6)7)22-47(33)37(51)32(26-20-24-15-11-12-16-25(24)21-26)45-38(52)44-29(39(3,4)5)23-46(8)55(53,54)30-17-13-14-19-41-30/h9,11-17,19,26-29,31-33H,1,10,18,20-23H2,2-8H3,(H,42,50)(H,43,49)(H2,44,45,52)/t27-,28?,29+,31-,32-,33-/m0/s1. The van der Waals surface area contributed by atoms with Crippen molar-refractivity contribution in [1.82, 2.24) is 35.5 Å². The van der Waals surface area contributed by atoms with E-state index in [0.717, 1.165) is 15.4 Å². The van der Waals surface area contributed by atoms with E-state index in [2.05, 4.69) is 32.8 Å². The maximum atomic E-state index is 14.8. The third-order valence-corrected chi connectivity index (χ3v) is 13.4. The maximum absolute atomic E-state index is 14.8. The molecule has 1 saturated heterocycles.